The van der Waals surface area contributed by atoms with E-state index in [1.165, 1.54) is 16.2 Å². The minimum Gasteiger partial charge on any atom is -0.317 e. The van der Waals surface area contributed by atoms with Gasteiger partial charge in [-0.05, 0) is 43.4 Å². The first kappa shape index (κ1) is 19.8. The van der Waals surface area contributed by atoms with Crippen LogP contribution in [0.25, 0.3) is 10.8 Å². The zero-order valence-electron chi connectivity index (χ0n) is 16.6. The van der Waals surface area contributed by atoms with Gasteiger partial charge in [0.05, 0.1) is 5.56 Å². The molecule has 1 aromatic heterocycles. The summed E-state index contributed by atoms with van der Waals surface area (Å²) in [5.41, 5.74) is 2.37. The van der Waals surface area contributed by atoms with Crippen molar-refractivity contribution in [3.05, 3.63) is 63.5 Å². The Morgan fingerprint density at radius 2 is 1.73 bits per heavy atom. The van der Waals surface area contributed by atoms with E-state index in [0.29, 0.717) is 33.5 Å². The van der Waals surface area contributed by atoms with Gasteiger partial charge in [-0.25, -0.2) is 0 Å². The number of anilines is 1. The molecule has 0 saturated carbocycles. The summed E-state index contributed by atoms with van der Waals surface area (Å²) < 4.78 is 0. The Labute approximate surface area is 177 Å². The molecule has 7 heteroatoms. The molecule has 0 unspecified atom stereocenters. The second-order valence-corrected chi connectivity index (χ2v) is 8.45. The van der Waals surface area contributed by atoms with E-state index in [0.717, 1.165) is 15.8 Å². The maximum Gasteiger partial charge on any atom is 0.261 e. The van der Waals surface area contributed by atoms with Crippen LogP contribution >= 0.6 is 11.3 Å². The smallest absolute Gasteiger partial charge is 0.261 e. The van der Waals surface area contributed by atoms with Crippen molar-refractivity contribution in [2.75, 3.05) is 11.9 Å². The van der Waals surface area contributed by atoms with Crippen LogP contribution in [-0.2, 0) is 4.79 Å². The van der Waals surface area contributed by atoms with Crippen molar-refractivity contribution in [1.29, 1.82) is 5.26 Å². The van der Waals surface area contributed by atoms with Gasteiger partial charge in [0.1, 0.15) is 11.1 Å². The molecule has 30 heavy (non-hydrogen) atoms. The minimum atomic E-state index is -0.332. The van der Waals surface area contributed by atoms with E-state index in [4.69, 9.17) is 0 Å². The highest BCUT2D eigenvalue weighted by molar-refractivity contribution is 7.16. The summed E-state index contributed by atoms with van der Waals surface area (Å²) in [6.45, 7) is 3.91. The normalized spacial score (nSPS) is 12.9. The third kappa shape index (κ3) is 3.25. The molecule has 0 atom stereocenters. The molecule has 0 spiro atoms. The summed E-state index contributed by atoms with van der Waals surface area (Å²) in [6.07, 6.45) is 0.483. The number of nitrogens with zero attached hydrogens (tertiary/aromatic N) is 2. The van der Waals surface area contributed by atoms with E-state index in [1.54, 1.807) is 24.3 Å². The van der Waals surface area contributed by atoms with Gasteiger partial charge in [0.25, 0.3) is 11.8 Å². The number of nitrogens with one attached hydrogen (secondary N) is 1. The molecule has 0 aliphatic carbocycles. The zero-order chi connectivity index (χ0) is 21.4. The van der Waals surface area contributed by atoms with Crippen molar-refractivity contribution in [1.82, 2.24) is 4.90 Å². The number of aryl methyl sites for hydroxylation is 1. The van der Waals surface area contributed by atoms with Crippen molar-refractivity contribution in [2.24, 2.45) is 0 Å². The van der Waals surface area contributed by atoms with Gasteiger partial charge in [-0.3, -0.25) is 19.3 Å². The number of imide groups is 1. The Balaban J connectivity index is 1.44. The Bertz CT molecular complexity index is 1200. The molecule has 0 radical (unpaired) electrons. The molecule has 2 heterocycles. The molecule has 1 N–H and O–H groups in total. The lowest BCUT2D eigenvalue weighted by atomic mass is 9.94. The van der Waals surface area contributed by atoms with E-state index < -0.39 is 0 Å². The van der Waals surface area contributed by atoms with Gasteiger partial charge in [0.2, 0.25) is 5.91 Å². The van der Waals surface area contributed by atoms with Gasteiger partial charge in [-0.1, -0.05) is 24.3 Å². The van der Waals surface area contributed by atoms with E-state index in [2.05, 4.69) is 11.4 Å². The van der Waals surface area contributed by atoms with Gasteiger partial charge in [0, 0.05) is 34.4 Å². The van der Waals surface area contributed by atoms with Crippen molar-refractivity contribution < 1.29 is 14.4 Å². The fourth-order valence-corrected chi connectivity index (χ4v) is 4.75. The first-order valence-corrected chi connectivity index (χ1v) is 10.4. The predicted molar refractivity (Wildman–Crippen MR) is 116 cm³/mol. The number of thiophene rings is 1. The lowest BCUT2D eigenvalue weighted by molar-refractivity contribution is -0.116. The lowest BCUT2D eigenvalue weighted by Gasteiger charge is -2.27. The van der Waals surface area contributed by atoms with Crippen molar-refractivity contribution in [3.63, 3.8) is 0 Å². The van der Waals surface area contributed by atoms with Crippen LogP contribution in [0.5, 0.6) is 0 Å². The first-order chi connectivity index (χ1) is 14.4. The summed E-state index contributed by atoms with van der Waals surface area (Å²) in [4.78, 5) is 40.3. The van der Waals surface area contributed by atoms with Crippen LogP contribution in [0.2, 0.25) is 0 Å². The van der Waals surface area contributed by atoms with Crippen LogP contribution in [0, 0.1) is 25.2 Å². The van der Waals surface area contributed by atoms with Gasteiger partial charge in [-0.15, -0.1) is 11.3 Å². The highest BCUT2D eigenvalue weighted by atomic mass is 32.1. The van der Waals surface area contributed by atoms with Crippen molar-refractivity contribution in [2.45, 2.75) is 26.7 Å². The van der Waals surface area contributed by atoms with Crippen LogP contribution in [-0.4, -0.2) is 29.2 Å². The van der Waals surface area contributed by atoms with Crippen LogP contribution < -0.4 is 5.32 Å². The predicted octanol–water partition coefficient (Wildman–Crippen LogP) is 4.40. The topological polar surface area (TPSA) is 90.3 Å². The summed E-state index contributed by atoms with van der Waals surface area (Å²) in [5.74, 6) is -0.908. The van der Waals surface area contributed by atoms with Crippen molar-refractivity contribution >= 4 is 44.8 Å². The molecule has 3 aromatic rings. The summed E-state index contributed by atoms with van der Waals surface area (Å²) in [6, 6.07) is 13.0. The average molecular weight is 417 g/mol. The van der Waals surface area contributed by atoms with Crippen molar-refractivity contribution in [3.8, 4) is 6.07 Å². The standard InChI is InChI=1S/C23H19N3O3S/c1-13-14(2)30-21(18(13)12-24)25-19(27)10-5-11-26-22(28)16-8-3-6-15-7-4-9-17(20(15)16)23(26)29/h3-4,6-9H,5,10-11H2,1-2H3,(H,25,27). The number of nitriles is 1. The highest BCUT2D eigenvalue weighted by Crippen LogP contribution is 2.32. The molecule has 0 fully saturated rings. The first-order valence-electron chi connectivity index (χ1n) is 9.60. The number of carbonyl (C=O) groups excluding carboxylic acids is 3. The minimum absolute atomic E-state index is 0.143. The quantitative estimate of drug-likeness (QED) is 0.623. The number of hydrogen-bond donors (Lipinski definition) is 1. The summed E-state index contributed by atoms with van der Waals surface area (Å²) in [7, 11) is 0. The second kappa shape index (κ2) is 7.73. The van der Waals surface area contributed by atoms with E-state index in [9.17, 15) is 19.6 Å². The highest BCUT2D eigenvalue weighted by Gasteiger charge is 2.32. The molecular weight excluding hydrogens is 398 g/mol. The third-order valence-electron chi connectivity index (χ3n) is 5.39. The Morgan fingerprint density at radius 3 is 2.33 bits per heavy atom. The molecular formula is C23H19N3O3S. The van der Waals surface area contributed by atoms with E-state index >= 15 is 0 Å². The maximum atomic E-state index is 12.9. The number of benzene rings is 2. The SMILES string of the molecule is Cc1sc(NC(=O)CCCN2C(=O)c3cccc4cccc(c34)C2=O)c(C#N)c1C. The van der Waals surface area contributed by atoms with Crippen LogP contribution in [0.15, 0.2) is 36.4 Å². The zero-order valence-corrected chi connectivity index (χ0v) is 17.4. The molecule has 1 aliphatic rings. The number of rotatable bonds is 5. The largest absolute Gasteiger partial charge is 0.317 e. The average Bonchev–Trinajstić information content (AvgIpc) is 3.00. The number of carbonyl (C=O) groups is 3. The van der Waals surface area contributed by atoms with Gasteiger partial charge >= 0.3 is 0 Å². The Hall–Kier alpha value is -3.50. The molecule has 2 aromatic carbocycles. The molecule has 150 valence electrons. The fourth-order valence-electron chi connectivity index (χ4n) is 3.72. The molecule has 6 nitrogen and oxygen atoms in total. The Kier molecular flexibility index (Phi) is 5.10. The summed E-state index contributed by atoms with van der Waals surface area (Å²) in [5, 5.41) is 14.2. The number of amides is 3. The van der Waals surface area contributed by atoms with E-state index in [1.807, 2.05) is 26.0 Å². The third-order valence-corrected chi connectivity index (χ3v) is 6.51. The molecule has 1 aliphatic heterocycles. The van der Waals surface area contributed by atoms with Gasteiger partial charge < -0.3 is 5.32 Å². The Morgan fingerprint density at radius 1 is 1.10 bits per heavy atom. The fraction of sp³-hybridized carbons (Fsp3) is 0.217. The monoisotopic (exact) mass is 417 g/mol. The maximum absolute atomic E-state index is 12.9. The van der Waals surface area contributed by atoms with Gasteiger partial charge in [0.15, 0.2) is 0 Å². The lowest BCUT2D eigenvalue weighted by Crippen LogP contribution is -2.41. The molecule has 0 bridgehead atoms. The van der Waals surface area contributed by atoms with Crippen LogP contribution in [0.4, 0.5) is 5.00 Å². The number of hydrogen-bond acceptors (Lipinski definition) is 5. The molecule has 4 rings (SSSR count). The van der Waals surface area contributed by atoms with Crippen LogP contribution in [0.1, 0.15) is 49.6 Å². The van der Waals surface area contributed by atoms with E-state index in [-0.39, 0.29) is 30.7 Å². The molecule has 0 saturated heterocycles. The second-order valence-electron chi connectivity index (χ2n) is 7.22. The molecule has 3 amide bonds. The van der Waals surface area contributed by atoms with Gasteiger partial charge in [-0.2, -0.15) is 5.26 Å². The summed E-state index contributed by atoms with van der Waals surface area (Å²) >= 11 is 1.37. The van der Waals surface area contributed by atoms with Crippen LogP contribution in [0.3, 0.4) is 0 Å².